The van der Waals surface area contributed by atoms with Crippen LogP contribution in [-0.4, -0.2) is 36.5 Å². The van der Waals surface area contributed by atoms with E-state index < -0.39 is 0 Å². The van der Waals surface area contributed by atoms with E-state index in [-0.39, 0.29) is 23.7 Å². The third-order valence-corrected chi connectivity index (χ3v) is 5.53. The number of ether oxygens (including phenoxy) is 1. The molecule has 1 amide bonds. The number of carbonyl (C=O) groups excluding carboxylic acids is 1. The predicted molar refractivity (Wildman–Crippen MR) is 104 cm³/mol. The number of hydrogen-bond acceptors (Lipinski definition) is 3. The number of likely N-dealkylation sites (tertiary alicyclic amines) is 1. The molecule has 2 aliphatic rings. The molecule has 1 unspecified atom stereocenters. The number of halogens is 1. The number of para-hydroxylation sites is 1. The molecule has 4 nitrogen and oxygen atoms in total. The van der Waals surface area contributed by atoms with Gasteiger partial charge in [-0.05, 0) is 68.1 Å². The van der Waals surface area contributed by atoms with Crippen LogP contribution in [0.25, 0.3) is 0 Å². The van der Waals surface area contributed by atoms with E-state index in [1.54, 1.807) is 12.1 Å². The van der Waals surface area contributed by atoms with Crippen molar-refractivity contribution in [1.29, 1.82) is 0 Å². The lowest BCUT2D eigenvalue weighted by atomic mass is 9.95. The van der Waals surface area contributed by atoms with Crippen LogP contribution in [-0.2, 0) is 4.79 Å². The highest BCUT2D eigenvalue weighted by Crippen LogP contribution is 2.35. The SMILES string of the molecule is O=C1Nc2ccccc2C1CCCN1CCC(Oc2ccc(F)cc2)CC1. The fourth-order valence-corrected chi connectivity index (χ4v) is 4.04. The van der Waals surface area contributed by atoms with Crippen molar-refractivity contribution < 1.29 is 13.9 Å². The predicted octanol–water partition coefficient (Wildman–Crippen LogP) is 4.19. The minimum absolute atomic E-state index is 0.0134. The zero-order chi connectivity index (χ0) is 18.6. The molecular formula is C22H25FN2O2. The summed E-state index contributed by atoms with van der Waals surface area (Å²) in [6.45, 7) is 3.01. The van der Waals surface area contributed by atoms with Crippen molar-refractivity contribution in [2.75, 3.05) is 25.0 Å². The summed E-state index contributed by atoms with van der Waals surface area (Å²) < 4.78 is 18.9. The Labute approximate surface area is 159 Å². The number of benzene rings is 2. The van der Waals surface area contributed by atoms with Crippen LogP contribution >= 0.6 is 0 Å². The zero-order valence-corrected chi connectivity index (χ0v) is 15.4. The minimum Gasteiger partial charge on any atom is -0.490 e. The summed E-state index contributed by atoms with van der Waals surface area (Å²) in [6, 6.07) is 14.2. The lowest BCUT2D eigenvalue weighted by molar-refractivity contribution is -0.117. The van der Waals surface area contributed by atoms with Gasteiger partial charge in [0.2, 0.25) is 5.91 Å². The Morgan fingerprint density at radius 3 is 2.59 bits per heavy atom. The Morgan fingerprint density at radius 1 is 1.07 bits per heavy atom. The van der Waals surface area contributed by atoms with E-state index in [1.807, 2.05) is 18.2 Å². The summed E-state index contributed by atoms with van der Waals surface area (Å²) in [5, 5.41) is 2.98. The molecule has 1 N–H and O–H groups in total. The molecule has 0 aliphatic carbocycles. The van der Waals surface area contributed by atoms with E-state index in [1.165, 1.54) is 12.1 Å². The molecule has 4 rings (SSSR count). The summed E-state index contributed by atoms with van der Waals surface area (Å²) in [5.74, 6) is 0.611. The van der Waals surface area contributed by atoms with Crippen LogP contribution in [0.15, 0.2) is 48.5 Å². The number of rotatable bonds is 6. The first-order chi connectivity index (χ1) is 13.2. The highest BCUT2D eigenvalue weighted by Gasteiger charge is 2.29. The molecule has 1 atom stereocenters. The van der Waals surface area contributed by atoms with Gasteiger partial charge in [0.25, 0.3) is 0 Å². The molecule has 2 aromatic rings. The number of anilines is 1. The second-order valence-electron chi connectivity index (χ2n) is 7.38. The zero-order valence-electron chi connectivity index (χ0n) is 15.4. The van der Waals surface area contributed by atoms with Crippen molar-refractivity contribution in [3.05, 3.63) is 59.9 Å². The van der Waals surface area contributed by atoms with Gasteiger partial charge in [0.15, 0.2) is 0 Å². The van der Waals surface area contributed by atoms with Crippen molar-refractivity contribution in [1.82, 2.24) is 4.90 Å². The Bertz CT molecular complexity index is 785. The van der Waals surface area contributed by atoms with Crippen LogP contribution < -0.4 is 10.1 Å². The molecule has 2 heterocycles. The first-order valence-corrected chi connectivity index (χ1v) is 9.73. The van der Waals surface area contributed by atoms with Crippen LogP contribution in [0.2, 0.25) is 0 Å². The first kappa shape index (κ1) is 18.0. The van der Waals surface area contributed by atoms with Crippen LogP contribution in [0.1, 0.15) is 37.2 Å². The molecule has 0 saturated carbocycles. The highest BCUT2D eigenvalue weighted by molar-refractivity contribution is 6.02. The fourth-order valence-electron chi connectivity index (χ4n) is 4.04. The van der Waals surface area contributed by atoms with Crippen molar-refractivity contribution >= 4 is 11.6 Å². The Kier molecular flexibility index (Phi) is 5.39. The maximum atomic E-state index is 13.0. The maximum absolute atomic E-state index is 13.0. The number of fused-ring (bicyclic) bond motifs is 1. The molecule has 2 aliphatic heterocycles. The third kappa shape index (κ3) is 4.30. The third-order valence-electron chi connectivity index (χ3n) is 5.53. The summed E-state index contributed by atoms with van der Waals surface area (Å²) in [5.41, 5.74) is 2.10. The van der Waals surface area contributed by atoms with Gasteiger partial charge in [-0.1, -0.05) is 18.2 Å². The van der Waals surface area contributed by atoms with Gasteiger partial charge in [-0.15, -0.1) is 0 Å². The fraction of sp³-hybridized carbons (Fsp3) is 0.409. The monoisotopic (exact) mass is 368 g/mol. The van der Waals surface area contributed by atoms with Gasteiger partial charge in [0, 0.05) is 18.8 Å². The standard InChI is InChI=1S/C22H25FN2O2/c23-16-7-9-17(10-8-16)27-18-11-14-25(15-12-18)13-3-5-20-19-4-1-2-6-21(19)24-22(20)26/h1-2,4,6-10,18,20H,3,5,11-15H2,(H,24,26). The minimum atomic E-state index is -0.240. The molecule has 5 heteroatoms. The Balaban J connectivity index is 1.20. The van der Waals surface area contributed by atoms with Crippen molar-refractivity contribution in [2.24, 2.45) is 0 Å². The first-order valence-electron chi connectivity index (χ1n) is 9.73. The van der Waals surface area contributed by atoms with E-state index in [2.05, 4.69) is 16.3 Å². The van der Waals surface area contributed by atoms with Crippen molar-refractivity contribution in [2.45, 2.75) is 37.7 Å². The number of amides is 1. The number of nitrogens with zero attached hydrogens (tertiary/aromatic N) is 1. The summed E-state index contributed by atoms with van der Waals surface area (Å²) in [4.78, 5) is 14.6. The largest absolute Gasteiger partial charge is 0.490 e. The van der Waals surface area contributed by atoms with Gasteiger partial charge in [0.05, 0.1) is 5.92 Å². The lowest BCUT2D eigenvalue weighted by Crippen LogP contribution is -2.38. The number of carbonyl (C=O) groups is 1. The molecule has 2 aromatic carbocycles. The number of piperidine rings is 1. The number of nitrogens with one attached hydrogen (secondary N) is 1. The van der Waals surface area contributed by atoms with Gasteiger partial charge in [0.1, 0.15) is 17.7 Å². The normalized spacial score (nSPS) is 20.3. The molecule has 0 aromatic heterocycles. The van der Waals surface area contributed by atoms with E-state index in [0.29, 0.717) is 0 Å². The van der Waals surface area contributed by atoms with Gasteiger partial charge in [-0.2, -0.15) is 0 Å². The summed E-state index contributed by atoms with van der Waals surface area (Å²) >= 11 is 0. The topological polar surface area (TPSA) is 41.6 Å². The second-order valence-corrected chi connectivity index (χ2v) is 7.38. The smallest absolute Gasteiger partial charge is 0.232 e. The molecule has 0 spiro atoms. The Hall–Kier alpha value is -2.40. The second kappa shape index (κ2) is 8.09. The molecule has 0 radical (unpaired) electrons. The lowest BCUT2D eigenvalue weighted by Gasteiger charge is -2.32. The summed E-state index contributed by atoms with van der Waals surface area (Å²) in [7, 11) is 0. The van der Waals surface area contributed by atoms with Crippen molar-refractivity contribution in [3.63, 3.8) is 0 Å². The van der Waals surface area contributed by atoms with Gasteiger partial charge < -0.3 is 15.0 Å². The average molecular weight is 368 g/mol. The number of hydrogen-bond donors (Lipinski definition) is 1. The quantitative estimate of drug-likeness (QED) is 0.831. The molecule has 142 valence electrons. The van der Waals surface area contributed by atoms with Gasteiger partial charge in [-0.3, -0.25) is 4.79 Å². The molecule has 1 saturated heterocycles. The van der Waals surface area contributed by atoms with Crippen LogP contribution in [0, 0.1) is 5.82 Å². The molecule has 27 heavy (non-hydrogen) atoms. The van der Waals surface area contributed by atoms with Crippen LogP contribution in [0.4, 0.5) is 10.1 Å². The van der Waals surface area contributed by atoms with Crippen LogP contribution in [0.5, 0.6) is 5.75 Å². The van der Waals surface area contributed by atoms with E-state index in [0.717, 1.165) is 62.3 Å². The molecular weight excluding hydrogens is 343 g/mol. The van der Waals surface area contributed by atoms with E-state index >= 15 is 0 Å². The van der Waals surface area contributed by atoms with Crippen molar-refractivity contribution in [3.8, 4) is 5.75 Å². The van der Waals surface area contributed by atoms with E-state index in [4.69, 9.17) is 4.74 Å². The average Bonchev–Trinajstić information content (AvgIpc) is 3.00. The molecule has 0 bridgehead atoms. The molecule has 1 fully saturated rings. The van der Waals surface area contributed by atoms with Gasteiger partial charge >= 0.3 is 0 Å². The van der Waals surface area contributed by atoms with Crippen LogP contribution in [0.3, 0.4) is 0 Å². The highest BCUT2D eigenvalue weighted by atomic mass is 19.1. The van der Waals surface area contributed by atoms with Gasteiger partial charge in [-0.25, -0.2) is 4.39 Å². The van der Waals surface area contributed by atoms with E-state index in [9.17, 15) is 9.18 Å². The summed E-state index contributed by atoms with van der Waals surface area (Å²) in [6.07, 6.45) is 4.04. The maximum Gasteiger partial charge on any atom is 0.232 e. The Morgan fingerprint density at radius 2 is 1.81 bits per heavy atom.